The van der Waals surface area contributed by atoms with Gasteiger partial charge >= 0.3 is 0 Å². The smallest absolute Gasteiger partial charge is 0.257 e. The summed E-state index contributed by atoms with van der Waals surface area (Å²) in [6.45, 7) is 1.67. The van der Waals surface area contributed by atoms with Gasteiger partial charge in [-0.3, -0.25) is 4.79 Å². The lowest BCUT2D eigenvalue weighted by Crippen LogP contribution is -2.32. The monoisotopic (exact) mass is 281 g/mol. The molecule has 0 bridgehead atoms. The Hall–Kier alpha value is -2.23. The maximum absolute atomic E-state index is 12.8. The van der Waals surface area contributed by atoms with Crippen LogP contribution < -0.4 is 0 Å². The van der Waals surface area contributed by atoms with Crippen LogP contribution in [0.1, 0.15) is 36.0 Å². The second kappa shape index (κ2) is 6.48. The number of nitrogens with zero attached hydrogens (tertiary/aromatic N) is 3. The molecule has 1 aromatic carbocycles. The summed E-state index contributed by atoms with van der Waals surface area (Å²) in [5, 5.41) is 0. The van der Waals surface area contributed by atoms with Crippen LogP contribution in [-0.4, -0.2) is 33.9 Å². The Bertz CT molecular complexity index is 604. The number of carbonyl (C=O) groups is 1. The topological polar surface area (TPSA) is 46.1 Å². The van der Waals surface area contributed by atoms with E-state index in [1.54, 1.807) is 6.20 Å². The summed E-state index contributed by atoms with van der Waals surface area (Å²) in [6, 6.07) is 9.82. The molecule has 0 radical (unpaired) electrons. The van der Waals surface area contributed by atoms with Gasteiger partial charge in [-0.2, -0.15) is 0 Å². The zero-order valence-electron chi connectivity index (χ0n) is 12.0. The molecule has 1 aliphatic heterocycles. The normalized spacial score (nSPS) is 15.5. The number of likely N-dealkylation sites (tertiary alicyclic amines) is 1. The Morgan fingerprint density at radius 3 is 2.43 bits per heavy atom. The molecule has 0 atom stereocenters. The van der Waals surface area contributed by atoms with Crippen LogP contribution in [0.5, 0.6) is 0 Å². The number of hydrogen-bond donors (Lipinski definition) is 0. The molecule has 21 heavy (non-hydrogen) atoms. The van der Waals surface area contributed by atoms with Crippen LogP contribution in [0.3, 0.4) is 0 Å². The quantitative estimate of drug-likeness (QED) is 0.849. The molecular weight excluding hydrogens is 262 g/mol. The van der Waals surface area contributed by atoms with E-state index in [0.717, 1.165) is 37.2 Å². The Morgan fingerprint density at radius 1 is 1.00 bits per heavy atom. The van der Waals surface area contributed by atoms with E-state index in [0.29, 0.717) is 5.56 Å². The highest BCUT2D eigenvalue weighted by Crippen LogP contribution is 2.22. The summed E-state index contributed by atoms with van der Waals surface area (Å²) in [7, 11) is 0. The van der Waals surface area contributed by atoms with Gasteiger partial charge in [0.15, 0.2) is 0 Å². The van der Waals surface area contributed by atoms with E-state index >= 15 is 0 Å². The highest BCUT2D eigenvalue weighted by molar-refractivity contribution is 5.99. The summed E-state index contributed by atoms with van der Waals surface area (Å²) in [5.74, 6) is 0.0522. The molecule has 2 heterocycles. The van der Waals surface area contributed by atoms with Gasteiger partial charge < -0.3 is 4.90 Å². The van der Waals surface area contributed by atoms with Gasteiger partial charge in [-0.25, -0.2) is 9.97 Å². The molecule has 1 fully saturated rings. The van der Waals surface area contributed by atoms with Crippen LogP contribution in [0.2, 0.25) is 0 Å². The molecule has 4 heteroatoms. The number of carbonyl (C=O) groups excluding carboxylic acids is 1. The van der Waals surface area contributed by atoms with Gasteiger partial charge in [0.25, 0.3) is 5.91 Å². The summed E-state index contributed by atoms with van der Waals surface area (Å²) in [6.07, 6.45) is 7.73. The number of benzene rings is 1. The van der Waals surface area contributed by atoms with Crippen molar-refractivity contribution in [3.05, 3.63) is 48.4 Å². The molecular formula is C17H19N3O. The van der Waals surface area contributed by atoms with Gasteiger partial charge in [-0.1, -0.05) is 43.2 Å². The third-order valence-corrected chi connectivity index (χ3v) is 3.88. The van der Waals surface area contributed by atoms with Gasteiger partial charge in [-0.15, -0.1) is 0 Å². The summed E-state index contributed by atoms with van der Waals surface area (Å²) in [5.41, 5.74) is 2.28. The van der Waals surface area contributed by atoms with Crippen molar-refractivity contribution in [1.82, 2.24) is 14.9 Å². The molecule has 0 spiro atoms. The van der Waals surface area contributed by atoms with E-state index in [-0.39, 0.29) is 5.91 Å². The average Bonchev–Trinajstić information content (AvgIpc) is 2.84. The van der Waals surface area contributed by atoms with Crippen LogP contribution in [-0.2, 0) is 0 Å². The van der Waals surface area contributed by atoms with E-state index < -0.39 is 0 Å². The number of amides is 1. The van der Waals surface area contributed by atoms with E-state index in [4.69, 9.17) is 0 Å². The van der Waals surface area contributed by atoms with Crippen molar-refractivity contribution < 1.29 is 4.79 Å². The minimum absolute atomic E-state index is 0.0522. The largest absolute Gasteiger partial charge is 0.339 e. The van der Waals surface area contributed by atoms with Crippen molar-refractivity contribution in [3.8, 4) is 11.3 Å². The third-order valence-electron chi connectivity index (χ3n) is 3.88. The Kier molecular flexibility index (Phi) is 4.24. The summed E-state index contributed by atoms with van der Waals surface area (Å²) in [4.78, 5) is 23.1. The molecule has 0 aliphatic carbocycles. The van der Waals surface area contributed by atoms with E-state index in [9.17, 15) is 4.79 Å². The Labute approximate surface area is 124 Å². The third kappa shape index (κ3) is 3.10. The molecule has 0 unspecified atom stereocenters. The minimum atomic E-state index is 0.0522. The van der Waals surface area contributed by atoms with Crippen molar-refractivity contribution >= 4 is 5.91 Å². The SMILES string of the molecule is O=C(c1cncnc1-c1ccccc1)N1CCCCCC1. The van der Waals surface area contributed by atoms with Gasteiger partial charge in [-0.05, 0) is 12.8 Å². The van der Waals surface area contributed by atoms with Gasteiger partial charge in [0, 0.05) is 24.8 Å². The molecule has 1 amide bonds. The lowest BCUT2D eigenvalue weighted by atomic mass is 10.1. The molecule has 0 saturated carbocycles. The summed E-state index contributed by atoms with van der Waals surface area (Å²) < 4.78 is 0. The molecule has 3 rings (SSSR count). The van der Waals surface area contributed by atoms with Crippen LogP contribution in [0.15, 0.2) is 42.9 Å². The Morgan fingerprint density at radius 2 is 1.71 bits per heavy atom. The van der Waals surface area contributed by atoms with Crippen LogP contribution >= 0.6 is 0 Å². The van der Waals surface area contributed by atoms with Gasteiger partial charge in [0.2, 0.25) is 0 Å². The van der Waals surface area contributed by atoms with Crippen molar-refractivity contribution in [2.24, 2.45) is 0 Å². The molecule has 2 aromatic rings. The second-order valence-electron chi connectivity index (χ2n) is 5.36. The highest BCUT2D eigenvalue weighted by Gasteiger charge is 2.21. The molecule has 4 nitrogen and oxygen atoms in total. The fourth-order valence-corrected chi connectivity index (χ4v) is 2.76. The van der Waals surface area contributed by atoms with Gasteiger partial charge in [0.1, 0.15) is 6.33 Å². The fourth-order valence-electron chi connectivity index (χ4n) is 2.76. The average molecular weight is 281 g/mol. The zero-order valence-corrected chi connectivity index (χ0v) is 12.0. The first kappa shape index (κ1) is 13.7. The van der Waals surface area contributed by atoms with Crippen molar-refractivity contribution in [2.75, 3.05) is 13.1 Å². The molecule has 0 N–H and O–H groups in total. The van der Waals surface area contributed by atoms with E-state index in [2.05, 4.69) is 9.97 Å². The predicted octanol–water partition coefficient (Wildman–Crippen LogP) is 3.16. The van der Waals surface area contributed by atoms with E-state index in [1.165, 1.54) is 19.2 Å². The van der Waals surface area contributed by atoms with Crippen molar-refractivity contribution in [1.29, 1.82) is 0 Å². The number of rotatable bonds is 2. The maximum Gasteiger partial charge on any atom is 0.257 e. The maximum atomic E-state index is 12.8. The summed E-state index contributed by atoms with van der Waals surface area (Å²) >= 11 is 0. The first-order valence-corrected chi connectivity index (χ1v) is 7.51. The molecule has 1 aliphatic rings. The zero-order chi connectivity index (χ0) is 14.5. The molecule has 1 aromatic heterocycles. The molecule has 1 saturated heterocycles. The number of hydrogen-bond acceptors (Lipinski definition) is 3. The highest BCUT2D eigenvalue weighted by atomic mass is 16.2. The predicted molar refractivity (Wildman–Crippen MR) is 81.8 cm³/mol. The first-order chi connectivity index (χ1) is 10.4. The lowest BCUT2D eigenvalue weighted by molar-refractivity contribution is 0.0761. The minimum Gasteiger partial charge on any atom is -0.339 e. The lowest BCUT2D eigenvalue weighted by Gasteiger charge is -2.21. The van der Waals surface area contributed by atoms with Crippen molar-refractivity contribution in [3.63, 3.8) is 0 Å². The van der Waals surface area contributed by atoms with Crippen LogP contribution in [0.4, 0.5) is 0 Å². The molecule has 108 valence electrons. The van der Waals surface area contributed by atoms with Crippen molar-refractivity contribution in [2.45, 2.75) is 25.7 Å². The van der Waals surface area contributed by atoms with E-state index in [1.807, 2.05) is 35.2 Å². The number of aromatic nitrogens is 2. The van der Waals surface area contributed by atoms with Gasteiger partial charge in [0.05, 0.1) is 11.3 Å². The van der Waals surface area contributed by atoms with Crippen LogP contribution in [0, 0.1) is 0 Å². The van der Waals surface area contributed by atoms with Crippen LogP contribution in [0.25, 0.3) is 11.3 Å². The first-order valence-electron chi connectivity index (χ1n) is 7.51. The Balaban J connectivity index is 1.93. The standard InChI is InChI=1S/C17H19N3O/c21-17(20-10-6-1-2-7-11-20)15-12-18-13-19-16(15)14-8-4-3-5-9-14/h3-5,8-9,12-13H,1-2,6-7,10-11H2. The second-order valence-corrected chi connectivity index (χ2v) is 5.36. The fraction of sp³-hybridized carbons (Fsp3) is 0.353.